The SMILES string of the molecule is COc1ccccc1NS(=O)(=O)c1ccc(NN=C2CC(C)CC(C)(C)C2)c([N+](=O)[O-])c1. The molecule has 2 N–H and O–H groups in total. The Bertz CT molecular complexity index is 1140. The van der Waals surface area contributed by atoms with E-state index in [0.717, 1.165) is 31.0 Å². The van der Waals surface area contributed by atoms with Gasteiger partial charge in [0.1, 0.15) is 11.4 Å². The fourth-order valence-electron chi connectivity index (χ4n) is 4.20. The van der Waals surface area contributed by atoms with Crippen molar-refractivity contribution in [2.75, 3.05) is 17.3 Å². The molecule has 172 valence electrons. The van der Waals surface area contributed by atoms with Crippen LogP contribution in [0.3, 0.4) is 0 Å². The van der Waals surface area contributed by atoms with Crippen LogP contribution in [0.25, 0.3) is 0 Å². The molecule has 9 nitrogen and oxygen atoms in total. The highest BCUT2D eigenvalue weighted by molar-refractivity contribution is 7.92. The summed E-state index contributed by atoms with van der Waals surface area (Å²) in [5.74, 6) is 0.812. The van der Waals surface area contributed by atoms with Crippen LogP contribution < -0.4 is 14.9 Å². The molecule has 0 bridgehead atoms. The lowest BCUT2D eigenvalue weighted by molar-refractivity contribution is -0.384. The van der Waals surface area contributed by atoms with Crippen LogP contribution >= 0.6 is 0 Å². The molecule has 1 unspecified atom stereocenters. The molecule has 1 aliphatic carbocycles. The maximum atomic E-state index is 12.8. The highest BCUT2D eigenvalue weighted by atomic mass is 32.2. The van der Waals surface area contributed by atoms with Crippen molar-refractivity contribution in [1.29, 1.82) is 0 Å². The maximum absolute atomic E-state index is 12.8. The molecule has 0 aliphatic heterocycles. The van der Waals surface area contributed by atoms with Gasteiger partial charge in [-0.2, -0.15) is 5.10 Å². The van der Waals surface area contributed by atoms with Gasteiger partial charge < -0.3 is 4.74 Å². The molecule has 0 radical (unpaired) electrons. The van der Waals surface area contributed by atoms with E-state index in [1.54, 1.807) is 24.3 Å². The number of methoxy groups -OCH3 is 1. The van der Waals surface area contributed by atoms with Crippen molar-refractivity contribution in [3.8, 4) is 5.75 Å². The Kier molecular flexibility index (Phi) is 6.73. The Balaban J connectivity index is 1.87. The van der Waals surface area contributed by atoms with E-state index < -0.39 is 14.9 Å². The van der Waals surface area contributed by atoms with Crippen molar-refractivity contribution < 1.29 is 18.1 Å². The molecule has 10 heteroatoms. The van der Waals surface area contributed by atoms with E-state index in [9.17, 15) is 18.5 Å². The molecule has 2 aromatic rings. The van der Waals surface area contributed by atoms with Crippen molar-refractivity contribution in [1.82, 2.24) is 0 Å². The average molecular weight is 461 g/mol. The summed E-state index contributed by atoms with van der Waals surface area (Å²) in [5, 5.41) is 16.1. The minimum atomic E-state index is -4.07. The van der Waals surface area contributed by atoms with Crippen LogP contribution in [-0.2, 0) is 10.0 Å². The molecule has 32 heavy (non-hydrogen) atoms. The Morgan fingerprint density at radius 1 is 1.19 bits per heavy atom. The number of hydrogen-bond donors (Lipinski definition) is 2. The number of nitro benzene ring substituents is 1. The molecule has 1 saturated carbocycles. The molecule has 0 heterocycles. The molecule has 0 amide bonds. The molecule has 1 fully saturated rings. The quantitative estimate of drug-likeness (QED) is 0.442. The fraction of sp³-hybridized carbons (Fsp3) is 0.409. The van der Waals surface area contributed by atoms with Gasteiger partial charge in [-0.15, -0.1) is 0 Å². The van der Waals surface area contributed by atoms with E-state index >= 15 is 0 Å². The first kappa shape index (κ1) is 23.5. The molecule has 0 saturated heterocycles. The number of hydrazone groups is 1. The van der Waals surface area contributed by atoms with Crippen LogP contribution in [0.2, 0.25) is 0 Å². The average Bonchev–Trinajstić information content (AvgIpc) is 2.70. The standard InChI is InChI=1S/C22H28N4O5S/c1-15-11-16(14-22(2,3)13-15)23-24-18-10-9-17(12-20(18)26(27)28)32(29,30)25-19-7-5-6-8-21(19)31-4/h5-10,12,15,24-25H,11,13-14H2,1-4H3. The van der Waals surface area contributed by atoms with Crippen LogP contribution in [0.5, 0.6) is 5.75 Å². The predicted octanol–water partition coefficient (Wildman–Crippen LogP) is 5.02. The smallest absolute Gasteiger partial charge is 0.295 e. The van der Waals surface area contributed by atoms with Crippen molar-refractivity contribution in [3.63, 3.8) is 0 Å². The molecule has 1 atom stereocenters. The molecule has 0 aromatic heterocycles. The summed E-state index contributed by atoms with van der Waals surface area (Å²) >= 11 is 0. The number of nitro groups is 1. The van der Waals surface area contributed by atoms with Gasteiger partial charge in [-0.3, -0.25) is 20.3 Å². The number of nitrogens with zero attached hydrogens (tertiary/aromatic N) is 2. The summed E-state index contributed by atoms with van der Waals surface area (Å²) in [5.41, 5.74) is 3.84. The minimum absolute atomic E-state index is 0.117. The van der Waals surface area contributed by atoms with Gasteiger partial charge in [0.05, 0.1) is 22.6 Å². The first-order valence-corrected chi connectivity index (χ1v) is 11.7. The van der Waals surface area contributed by atoms with Gasteiger partial charge in [0.15, 0.2) is 0 Å². The molecule has 3 rings (SSSR count). The van der Waals surface area contributed by atoms with Gasteiger partial charge in [0, 0.05) is 11.8 Å². The summed E-state index contributed by atoms with van der Waals surface area (Å²) < 4.78 is 33.2. The number of anilines is 2. The van der Waals surface area contributed by atoms with Gasteiger partial charge in [-0.25, -0.2) is 8.42 Å². The Morgan fingerprint density at radius 3 is 2.56 bits per heavy atom. The Morgan fingerprint density at radius 2 is 1.91 bits per heavy atom. The van der Waals surface area contributed by atoms with Crippen molar-refractivity contribution in [2.24, 2.45) is 16.4 Å². The van der Waals surface area contributed by atoms with E-state index in [2.05, 4.69) is 36.0 Å². The van der Waals surface area contributed by atoms with Gasteiger partial charge in [-0.05, 0) is 54.9 Å². The highest BCUT2D eigenvalue weighted by Crippen LogP contribution is 2.37. The van der Waals surface area contributed by atoms with Crippen LogP contribution in [0.4, 0.5) is 17.1 Å². The number of hydrogen-bond acceptors (Lipinski definition) is 7. The van der Waals surface area contributed by atoms with Crippen molar-refractivity contribution >= 4 is 32.8 Å². The van der Waals surface area contributed by atoms with Gasteiger partial charge in [0.2, 0.25) is 0 Å². The van der Waals surface area contributed by atoms with Crippen LogP contribution in [0.15, 0.2) is 52.5 Å². The van der Waals surface area contributed by atoms with E-state index in [0.29, 0.717) is 11.7 Å². The zero-order chi connectivity index (χ0) is 23.5. The summed E-state index contributed by atoms with van der Waals surface area (Å²) in [7, 11) is -2.65. The summed E-state index contributed by atoms with van der Waals surface area (Å²) in [6.07, 6.45) is 2.71. The minimum Gasteiger partial charge on any atom is -0.495 e. The maximum Gasteiger partial charge on any atom is 0.295 e. The van der Waals surface area contributed by atoms with Crippen LogP contribution in [0, 0.1) is 21.4 Å². The lowest BCUT2D eigenvalue weighted by Gasteiger charge is -2.34. The lowest BCUT2D eigenvalue weighted by atomic mass is 9.72. The number of nitrogens with one attached hydrogen (secondary N) is 2. The molecule has 1 aliphatic rings. The van der Waals surface area contributed by atoms with E-state index in [-0.39, 0.29) is 27.4 Å². The Labute approximate surface area is 188 Å². The highest BCUT2D eigenvalue weighted by Gasteiger charge is 2.30. The largest absolute Gasteiger partial charge is 0.495 e. The normalized spacial score (nSPS) is 19.4. The van der Waals surface area contributed by atoms with Gasteiger partial charge >= 0.3 is 0 Å². The third-order valence-corrected chi connectivity index (χ3v) is 6.69. The molecular formula is C22H28N4O5S. The van der Waals surface area contributed by atoms with E-state index in [4.69, 9.17) is 4.74 Å². The Hall–Kier alpha value is -3.14. The van der Waals surface area contributed by atoms with Crippen LogP contribution in [-0.4, -0.2) is 26.2 Å². The zero-order valence-electron chi connectivity index (χ0n) is 18.6. The van der Waals surface area contributed by atoms with Crippen molar-refractivity contribution in [2.45, 2.75) is 44.9 Å². The van der Waals surface area contributed by atoms with Crippen molar-refractivity contribution in [3.05, 3.63) is 52.6 Å². The number of ether oxygens (including phenoxy) is 1. The van der Waals surface area contributed by atoms with Gasteiger partial charge in [0.25, 0.3) is 15.7 Å². The second-order valence-electron chi connectivity index (χ2n) is 8.89. The third kappa shape index (κ3) is 5.56. The molecule has 2 aromatic carbocycles. The number of rotatable bonds is 7. The fourth-order valence-corrected chi connectivity index (χ4v) is 5.29. The monoisotopic (exact) mass is 460 g/mol. The predicted molar refractivity (Wildman–Crippen MR) is 125 cm³/mol. The summed E-state index contributed by atoms with van der Waals surface area (Å²) in [6, 6.07) is 10.2. The topological polar surface area (TPSA) is 123 Å². The van der Waals surface area contributed by atoms with E-state index in [1.165, 1.54) is 19.2 Å². The third-order valence-electron chi connectivity index (χ3n) is 5.33. The molecular weight excluding hydrogens is 432 g/mol. The second kappa shape index (κ2) is 9.15. The summed E-state index contributed by atoms with van der Waals surface area (Å²) in [6.45, 7) is 6.51. The number of sulfonamides is 1. The van der Waals surface area contributed by atoms with E-state index in [1.807, 2.05) is 0 Å². The van der Waals surface area contributed by atoms with Gasteiger partial charge in [-0.1, -0.05) is 32.9 Å². The lowest BCUT2D eigenvalue weighted by Crippen LogP contribution is -2.28. The van der Waals surface area contributed by atoms with Crippen LogP contribution in [0.1, 0.15) is 40.0 Å². The molecule has 0 spiro atoms. The summed E-state index contributed by atoms with van der Waals surface area (Å²) in [4.78, 5) is 10.8. The first-order chi connectivity index (χ1) is 15.0. The zero-order valence-corrected chi connectivity index (χ0v) is 19.4. The second-order valence-corrected chi connectivity index (χ2v) is 10.6. The number of benzene rings is 2. The number of para-hydroxylation sites is 2. The first-order valence-electron chi connectivity index (χ1n) is 10.3.